The standard InChI is InChI=1S/C22H26N2O6S/c1-3-28-22(26)20-14(2)18(11-15-4-5-16-17(10-15)30-13-29-16)31-21(20)23-19(25)12-24-6-8-27-9-7-24/h4-5,10H,3,6-9,11-13H2,1-2H3,(H,23,25). The minimum atomic E-state index is -0.421. The van der Waals surface area contributed by atoms with Crippen LogP contribution in [0.3, 0.4) is 0 Å². The normalized spacial score (nSPS) is 15.7. The van der Waals surface area contributed by atoms with Gasteiger partial charge in [-0.15, -0.1) is 11.3 Å². The first-order chi connectivity index (χ1) is 15.0. The van der Waals surface area contributed by atoms with Crippen molar-refractivity contribution in [2.75, 3.05) is 51.6 Å². The third-order valence-corrected chi connectivity index (χ3v) is 6.46. The van der Waals surface area contributed by atoms with Gasteiger partial charge in [0.05, 0.1) is 31.9 Å². The van der Waals surface area contributed by atoms with E-state index in [1.165, 1.54) is 11.3 Å². The monoisotopic (exact) mass is 446 g/mol. The highest BCUT2D eigenvalue weighted by molar-refractivity contribution is 7.17. The number of carbonyl (C=O) groups excluding carboxylic acids is 2. The molecular formula is C22H26N2O6S. The predicted molar refractivity (Wildman–Crippen MR) is 116 cm³/mol. The van der Waals surface area contributed by atoms with E-state index in [1.54, 1.807) is 6.92 Å². The van der Waals surface area contributed by atoms with Crippen LogP contribution in [0.4, 0.5) is 5.00 Å². The van der Waals surface area contributed by atoms with E-state index in [2.05, 4.69) is 5.32 Å². The molecule has 0 spiro atoms. The van der Waals surface area contributed by atoms with Gasteiger partial charge in [0.25, 0.3) is 0 Å². The van der Waals surface area contributed by atoms with Gasteiger partial charge in [-0.3, -0.25) is 9.69 Å². The first-order valence-corrected chi connectivity index (χ1v) is 11.1. The van der Waals surface area contributed by atoms with Gasteiger partial charge in [-0.1, -0.05) is 6.07 Å². The molecule has 3 heterocycles. The highest BCUT2D eigenvalue weighted by Gasteiger charge is 2.25. The minimum Gasteiger partial charge on any atom is -0.462 e. The summed E-state index contributed by atoms with van der Waals surface area (Å²) in [5.41, 5.74) is 2.29. The molecule has 0 radical (unpaired) electrons. The Kier molecular flexibility index (Phi) is 6.74. The van der Waals surface area contributed by atoms with Crippen LogP contribution in [0, 0.1) is 6.92 Å². The van der Waals surface area contributed by atoms with Crippen molar-refractivity contribution in [2.24, 2.45) is 0 Å². The number of hydrogen-bond acceptors (Lipinski definition) is 8. The average Bonchev–Trinajstić information content (AvgIpc) is 3.33. The van der Waals surface area contributed by atoms with Gasteiger partial charge in [0.2, 0.25) is 12.7 Å². The molecule has 1 amide bonds. The number of amides is 1. The number of thiophene rings is 1. The number of nitrogens with one attached hydrogen (secondary N) is 1. The molecule has 2 aromatic rings. The fraction of sp³-hybridized carbons (Fsp3) is 0.455. The molecule has 0 unspecified atom stereocenters. The van der Waals surface area contributed by atoms with Crippen molar-refractivity contribution in [3.63, 3.8) is 0 Å². The maximum Gasteiger partial charge on any atom is 0.341 e. The minimum absolute atomic E-state index is 0.150. The maximum atomic E-state index is 12.7. The highest BCUT2D eigenvalue weighted by atomic mass is 32.1. The van der Waals surface area contributed by atoms with Gasteiger partial charge in [-0.25, -0.2) is 4.79 Å². The molecule has 2 aliphatic heterocycles. The lowest BCUT2D eigenvalue weighted by Gasteiger charge is -2.25. The topological polar surface area (TPSA) is 86.3 Å². The number of morpholine rings is 1. The summed E-state index contributed by atoms with van der Waals surface area (Å²) in [7, 11) is 0. The molecule has 0 atom stereocenters. The number of carbonyl (C=O) groups is 2. The summed E-state index contributed by atoms with van der Waals surface area (Å²) < 4.78 is 21.4. The van der Waals surface area contributed by atoms with Gasteiger partial charge in [0, 0.05) is 24.4 Å². The molecule has 0 bridgehead atoms. The molecule has 2 aliphatic rings. The summed E-state index contributed by atoms with van der Waals surface area (Å²) in [6.45, 7) is 7.11. The number of nitrogens with zero attached hydrogens (tertiary/aromatic N) is 1. The number of rotatable bonds is 7. The highest BCUT2D eigenvalue weighted by Crippen LogP contribution is 2.37. The number of benzene rings is 1. The number of esters is 1. The molecule has 166 valence electrons. The van der Waals surface area contributed by atoms with Crippen molar-refractivity contribution < 1.29 is 28.5 Å². The van der Waals surface area contributed by atoms with Crippen LogP contribution >= 0.6 is 11.3 Å². The lowest BCUT2D eigenvalue weighted by Crippen LogP contribution is -2.41. The van der Waals surface area contributed by atoms with E-state index < -0.39 is 5.97 Å². The third-order valence-electron chi connectivity index (χ3n) is 5.25. The second-order valence-corrected chi connectivity index (χ2v) is 8.48. The Morgan fingerprint density at radius 1 is 1.19 bits per heavy atom. The first-order valence-electron chi connectivity index (χ1n) is 10.3. The number of fused-ring (bicyclic) bond motifs is 1. The molecule has 1 aromatic carbocycles. The fourth-order valence-corrected chi connectivity index (χ4v) is 4.87. The van der Waals surface area contributed by atoms with Crippen LogP contribution < -0.4 is 14.8 Å². The zero-order valence-corrected chi connectivity index (χ0v) is 18.5. The lowest BCUT2D eigenvalue weighted by atomic mass is 10.1. The summed E-state index contributed by atoms with van der Waals surface area (Å²) in [6.07, 6.45) is 0.610. The quantitative estimate of drug-likeness (QED) is 0.655. The van der Waals surface area contributed by atoms with Crippen molar-refractivity contribution in [3.8, 4) is 11.5 Å². The zero-order chi connectivity index (χ0) is 21.8. The Hall–Kier alpha value is -2.62. The molecule has 1 aromatic heterocycles. The van der Waals surface area contributed by atoms with Gasteiger partial charge < -0.3 is 24.3 Å². The van der Waals surface area contributed by atoms with Crippen molar-refractivity contribution in [1.29, 1.82) is 0 Å². The van der Waals surface area contributed by atoms with Crippen LogP contribution in [0.2, 0.25) is 0 Å². The van der Waals surface area contributed by atoms with Crippen molar-refractivity contribution in [1.82, 2.24) is 4.90 Å². The summed E-state index contributed by atoms with van der Waals surface area (Å²) >= 11 is 1.41. The third kappa shape index (κ3) is 5.00. The van der Waals surface area contributed by atoms with Crippen LogP contribution in [0.25, 0.3) is 0 Å². The van der Waals surface area contributed by atoms with E-state index in [1.807, 2.05) is 30.0 Å². The molecular weight excluding hydrogens is 420 g/mol. The summed E-state index contributed by atoms with van der Waals surface area (Å²) in [6, 6.07) is 5.81. The number of anilines is 1. The maximum absolute atomic E-state index is 12.7. The van der Waals surface area contributed by atoms with Gasteiger partial charge >= 0.3 is 5.97 Å². The molecule has 1 saturated heterocycles. The van der Waals surface area contributed by atoms with Crippen molar-refractivity contribution >= 4 is 28.2 Å². The van der Waals surface area contributed by atoms with Crippen LogP contribution in [-0.4, -0.2) is 63.0 Å². The van der Waals surface area contributed by atoms with E-state index in [0.717, 1.165) is 40.6 Å². The fourth-order valence-electron chi connectivity index (χ4n) is 3.63. The van der Waals surface area contributed by atoms with E-state index in [-0.39, 0.29) is 25.9 Å². The Bertz CT molecular complexity index is 967. The van der Waals surface area contributed by atoms with Crippen molar-refractivity contribution in [3.05, 3.63) is 39.8 Å². The molecule has 0 saturated carbocycles. The average molecular weight is 447 g/mol. The summed E-state index contributed by atoms with van der Waals surface area (Å²) in [4.78, 5) is 28.3. The number of ether oxygens (including phenoxy) is 4. The zero-order valence-electron chi connectivity index (χ0n) is 17.7. The van der Waals surface area contributed by atoms with E-state index in [4.69, 9.17) is 18.9 Å². The van der Waals surface area contributed by atoms with Gasteiger partial charge in [-0.2, -0.15) is 0 Å². The van der Waals surface area contributed by atoms with Crippen LogP contribution in [0.15, 0.2) is 18.2 Å². The largest absolute Gasteiger partial charge is 0.462 e. The Morgan fingerprint density at radius 2 is 1.97 bits per heavy atom. The van der Waals surface area contributed by atoms with Crippen molar-refractivity contribution in [2.45, 2.75) is 20.3 Å². The number of hydrogen-bond donors (Lipinski definition) is 1. The predicted octanol–water partition coefficient (Wildman–Crippen LogP) is 2.82. The van der Waals surface area contributed by atoms with Gasteiger partial charge in [-0.05, 0) is 37.1 Å². The summed E-state index contributed by atoms with van der Waals surface area (Å²) in [5, 5.41) is 3.47. The molecule has 8 nitrogen and oxygen atoms in total. The molecule has 1 fully saturated rings. The molecule has 31 heavy (non-hydrogen) atoms. The molecule has 0 aliphatic carbocycles. The van der Waals surface area contributed by atoms with Crippen LogP contribution in [0.5, 0.6) is 11.5 Å². The Labute approximate surface area is 185 Å². The smallest absolute Gasteiger partial charge is 0.341 e. The first kappa shape index (κ1) is 21.6. The Morgan fingerprint density at radius 3 is 2.74 bits per heavy atom. The van der Waals surface area contributed by atoms with Crippen LogP contribution in [-0.2, 0) is 20.7 Å². The lowest BCUT2D eigenvalue weighted by molar-refractivity contribution is -0.118. The van der Waals surface area contributed by atoms with E-state index in [9.17, 15) is 9.59 Å². The van der Waals surface area contributed by atoms with Gasteiger partial charge in [0.1, 0.15) is 5.00 Å². The molecule has 1 N–H and O–H groups in total. The Balaban J connectivity index is 1.54. The van der Waals surface area contributed by atoms with E-state index >= 15 is 0 Å². The molecule has 9 heteroatoms. The van der Waals surface area contributed by atoms with Crippen LogP contribution in [0.1, 0.15) is 33.3 Å². The SMILES string of the molecule is CCOC(=O)c1c(NC(=O)CN2CCOCC2)sc(Cc2ccc3c(c2)OCO3)c1C. The second-order valence-electron chi connectivity index (χ2n) is 7.38. The van der Waals surface area contributed by atoms with Gasteiger partial charge in [0.15, 0.2) is 11.5 Å². The molecule has 4 rings (SSSR count). The van der Waals surface area contributed by atoms with E-state index in [0.29, 0.717) is 30.2 Å². The second kappa shape index (κ2) is 9.67. The summed E-state index contributed by atoms with van der Waals surface area (Å²) in [5.74, 6) is 0.879.